The first kappa shape index (κ1) is 20.5. The maximum atomic E-state index is 13.5. The summed E-state index contributed by atoms with van der Waals surface area (Å²) >= 11 is 3.43. The minimum atomic E-state index is -0.474. The van der Waals surface area contributed by atoms with Crippen molar-refractivity contribution in [3.8, 4) is 6.07 Å². The summed E-state index contributed by atoms with van der Waals surface area (Å²) in [7, 11) is 0. The van der Waals surface area contributed by atoms with Crippen molar-refractivity contribution >= 4 is 33.6 Å². The Hall–Kier alpha value is -3.23. The van der Waals surface area contributed by atoms with Gasteiger partial charge in [0.15, 0.2) is 0 Å². The van der Waals surface area contributed by atoms with E-state index < -0.39 is 5.91 Å². The summed E-state index contributed by atoms with van der Waals surface area (Å²) in [5.74, 6) is -0.773. The molecule has 3 nitrogen and oxygen atoms in total. The number of carbonyl (C=O) groups is 1. The number of benzene rings is 3. The molecule has 3 aromatic rings. The van der Waals surface area contributed by atoms with Gasteiger partial charge in [-0.15, -0.1) is 0 Å². The molecule has 1 amide bonds. The van der Waals surface area contributed by atoms with E-state index in [0.29, 0.717) is 12.1 Å². The van der Waals surface area contributed by atoms with Gasteiger partial charge in [-0.1, -0.05) is 52.3 Å². The van der Waals surface area contributed by atoms with E-state index in [1.165, 1.54) is 12.1 Å². The molecule has 0 aliphatic rings. The van der Waals surface area contributed by atoms with Crippen LogP contribution in [0.4, 0.5) is 10.1 Å². The molecule has 1 N–H and O–H groups in total. The van der Waals surface area contributed by atoms with Gasteiger partial charge in [-0.05, 0) is 72.0 Å². The first-order valence-corrected chi connectivity index (χ1v) is 9.77. The Morgan fingerprint density at radius 2 is 1.93 bits per heavy atom. The van der Waals surface area contributed by atoms with Crippen molar-refractivity contribution < 1.29 is 9.18 Å². The van der Waals surface area contributed by atoms with Crippen LogP contribution in [0.3, 0.4) is 0 Å². The first-order valence-electron chi connectivity index (χ1n) is 8.98. The summed E-state index contributed by atoms with van der Waals surface area (Å²) in [6.07, 6.45) is 2.04. The van der Waals surface area contributed by atoms with Crippen LogP contribution in [0.25, 0.3) is 6.08 Å². The molecule has 0 heterocycles. The van der Waals surface area contributed by atoms with Gasteiger partial charge in [-0.2, -0.15) is 5.26 Å². The zero-order chi connectivity index (χ0) is 20.8. The number of nitrogens with one attached hydrogen (secondary N) is 1. The topological polar surface area (TPSA) is 52.9 Å². The number of hydrogen-bond acceptors (Lipinski definition) is 2. The molecule has 0 bridgehead atoms. The van der Waals surface area contributed by atoms with E-state index in [9.17, 15) is 14.4 Å². The molecule has 0 radical (unpaired) electrons. The average molecular weight is 449 g/mol. The second kappa shape index (κ2) is 9.31. The fraction of sp³-hybridized carbons (Fsp3) is 0.0833. The Bertz CT molecular complexity index is 1130. The molecule has 3 aromatic carbocycles. The number of anilines is 1. The van der Waals surface area contributed by atoms with Gasteiger partial charge in [-0.25, -0.2) is 4.39 Å². The molecule has 0 aliphatic carbocycles. The molecule has 0 aromatic heterocycles. The quantitative estimate of drug-likeness (QED) is 0.382. The minimum Gasteiger partial charge on any atom is -0.321 e. The summed E-state index contributed by atoms with van der Waals surface area (Å²) in [4.78, 5) is 12.6. The molecule has 0 spiro atoms. The fourth-order valence-electron chi connectivity index (χ4n) is 2.93. The number of nitriles is 1. The van der Waals surface area contributed by atoms with Gasteiger partial charge in [0.2, 0.25) is 0 Å². The van der Waals surface area contributed by atoms with Gasteiger partial charge in [0.25, 0.3) is 5.91 Å². The van der Waals surface area contributed by atoms with E-state index in [0.717, 1.165) is 26.7 Å². The molecular formula is C24H18BrFN2O. The average Bonchev–Trinajstić information content (AvgIpc) is 2.69. The van der Waals surface area contributed by atoms with Crippen LogP contribution in [-0.4, -0.2) is 5.91 Å². The van der Waals surface area contributed by atoms with Crippen LogP contribution in [-0.2, 0) is 11.2 Å². The number of para-hydroxylation sites is 1. The van der Waals surface area contributed by atoms with Crippen LogP contribution in [0.15, 0.2) is 76.8 Å². The Morgan fingerprint density at radius 1 is 1.14 bits per heavy atom. The highest BCUT2D eigenvalue weighted by atomic mass is 79.9. The van der Waals surface area contributed by atoms with E-state index in [2.05, 4.69) is 21.2 Å². The normalized spacial score (nSPS) is 11.0. The first-order chi connectivity index (χ1) is 14.0. The number of nitrogens with zero attached hydrogens (tertiary/aromatic N) is 1. The highest BCUT2D eigenvalue weighted by Gasteiger charge is 2.12. The molecule has 3 rings (SSSR count). The number of amides is 1. The zero-order valence-corrected chi connectivity index (χ0v) is 17.3. The predicted octanol–water partition coefficient (Wildman–Crippen LogP) is 6.03. The third kappa shape index (κ3) is 5.40. The van der Waals surface area contributed by atoms with Gasteiger partial charge >= 0.3 is 0 Å². The van der Waals surface area contributed by atoms with Crippen molar-refractivity contribution in [2.45, 2.75) is 13.3 Å². The van der Waals surface area contributed by atoms with Gasteiger partial charge in [0.1, 0.15) is 17.5 Å². The second-order valence-electron chi connectivity index (χ2n) is 6.59. The molecule has 0 fully saturated rings. The van der Waals surface area contributed by atoms with Gasteiger partial charge in [0, 0.05) is 10.2 Å². The second-order valence-corrected chi connectivity index (χ2v) is 7.50. The van der Waals surface area contributed by atoms with E-state index >= 15 is 0 Å². The standard InChI is InChI=1S/C24H18BrFN2O/c1-16-5-2-3-8-23(16)28-24(29)20(15-27)13-19-14-21(25)10-9-18(19)11-17-6-4-7-22(26)12-17/h2-10,12-14H,11H2,1H3,(H,28,29)/b20-13+. The van der Waals surface area contributed by atoms with E-state index in [1.54, 1.807) is 18.2 Å². The SMILES string of the molecule is Cc1ccccc1NC(=O)/C(C#N)=C/c1cc(Br)ccc1Cc1cccc(F)c1. The van der Waals surface area contributed by atoms with E-state index in [1.807, 2.05) is 55.5 Å². The van der Waals surface area contributed by atoms with E-state index in [4.69, 9.17) is 0 Å². The lowest BCUT2D eigenvalue weighted by Gasteiger charge is -2.10. The largest absolute Gasteiger partial charge is 0.321 e. The van der Waals surface area contributed by atoms with Gasteiger partial charge in [-0.3, -0.25) is 4.79 Å². The van der Waals surface area contributed by atoms with Crippen LogP contribution in [0.2, 0.25) is 0 Å². The molecule has 0 saturated carbocycles. The lowest BCUT2D eigenvalue weighted by Crippen LogP contribution is -2.14. The lowest BCUT2D eigenvalue weighted by atomic mass is 9.98. The van der Waals surface area contributed by atoms with Crippen LogP contribution in [0.5, 0.6) is 0 Å². The molecule has 5 heteroatoms. The highest BCUT2D eigenvalue weighted by molar-refractivity contribution is 9.10. The van der Waals surface area contributed by atoms with Crippen LogP contribution in [0.1, 0.15) is 22.3 Å². The molecule has 0 saturated heterocycles. The Labute approximate surface area is 177 Å². The van der Waals surface area contributed by atoms with Crippen molar-refractivity contribution in [3.63, 3.8) is 0 Å². The summed E-state index contributed by atoms with van der Waals surface area (Å²) in [5.41, 5.74) is 3.98. The Morgan fingerprint density at radius 3 is 2.66 bits per heavy atom. The maximum Gasteiger partial charge on any atom is 0.266 e. The number of halogens is 2. The fourth-order valence-corrected chi connectivity index (χ4v) is 3.31. The van der Waals surface area contributed by atoms with E-state index in [-0.39, 0.29) is 11.4 Å². The van der Waals surface area contributed by atoms with Crippen LogP contribution in [0, 0.1) is 24.1 Å². The van der Waals surface area contributed by atoms with Gasteiger partial charge < -0.3 is 5.32 Å². The van der Waals surface area contributed by atoms with Crippen molar-refractivity contribution in [1.82, 2.24) is 0 Å². The Balaban J connectivity index is 1.92. The smallest absolute Gasteiger partial charge is 0.266 e. The third-order valence-electron chi connectivity index (χ3n) is 4.45. The third-order valence-corrected chi connectivity index (χ3v) is 4.94. The summed E-state index contributed by atoms with van der Waals surface area (Å²) in [6, 6.07) is 21.4. The number of rotatable bonds is 5. The van der Waals surface area contributed by atoms with Crippen LogP contribution >= 0.6 is 15.9 Å². The molecule has 144 valence electrons. The molecule has 0 unspecified atom stereocenters. The van der Waals surface area contributed by atoms with Crippen molar-refractivity contribution in [1.29, 1.82) is 5.26 Å². The molecule has 29 heavy (non-hydrogen) atoms. The summed E-state index contributed by atoms with van der Waals surface area (Å²) in [5, 5.41) is 12.3. The molecule has 0 atom stereocenters. The summed E-state index contributed by atoms with van der Waals surface area (Å²) < 4.78 is 14.4. The molecular weight excluding hydrogens is 431 g/mol. The molecule has 0 aliphatic heterocycles. The minimum absolute atomic E-state index is 0.00755. The van der Waals surface area contributed by atoms with Crippen molar-refractivity contribution in [2.75, 3.05) is 5.32 Å². The number of aryl methyl sites for hydroxylation is 1. The number of carbonyl (C=O) groups excluding carboxylic acids is 1. The lowest BCUT2D eigenvalue weighted by molar-refractivity contribution is -0.112. The predicted molar refractivity (Wildman–Crippen MR) is 117 cm³/mol. The van der Waals surface area contributed by atoms with Crippen molar-refractivity contribution in [3.05, 3.63) is 105 Å². The highest BCUT2D eigenvalue weighted by Crippen LogP contribution is 2.23. The van der Waals surface area contributed by atoms with Crippen LogP contribution < -0.4 is 5.32 Å². The van der Waals surface area contributed by atoms with Gasteiger partial charge in [0.05, 0.1) is 0 Å². The Kier molecular flexibility index (Phi) is 6.58. The monoisotopic (exact) mass is 448 g/mol. The zero-order valence-electron chi connectivity index (χ0n) is 15.7. The summed E-state index contributed by atoms with van der Waals surface area (Å²) in [6.45, 7) is 1.89. The number of hydrogen-bond donors (Lipinski definition) is 1. The van der Waals surface area contributed by atoms with Crippen molar-refractivity contribution in [2.24, 2.45) is 0 Å². The maximum absolute atomic E-state index is 13.5.